The van der Waals surface area contributed by atoms with Gasteiger partial charge in [0.1, 0.15) is 5.15 Å². The Morgan fingerprint density at radius 2 is 2.33 bits per heavy atom. The summed E-state index contributed by atoms with van der Waals surface area (Å²) in [7, 11) is 0. The Hall–Kier alpha value is -0.840. The van der Waals surface area contributed by atoms with Crippen LogP contribution in [0.3, 0.4) is 0 Å². The van der Waals surface area contributed by atoms with Crippen molar-refractivity contribution in [3.8, 4) is 0 Å². The predicted molar refractivity (Wildman–Crippen MR) is 60.7 cm³/mol. The van der Waals surface area contributed by atoms with Crippen molar-refractivity contribution in [1.82, 2.24) is 19.9 Å². The highest BCUT2D eigenvalue weighted by molar-refractivity contribution is 6.29. The molecule has 4 nitrogen and oxygen atoms in total. The van der Waals surface area contributed by atoms with Crippen LogP contribution in [-0.4, -0.2) is 21.1 Å². The van der Waals surface area contributed by atoms with Crippen LogP contribution >= 0.6 is 24.0 Å². The Morgan fingerprint density at radius 3 is 3.20 bits per heavy atom. The van der Waals surface area contributed by atoms with Crippen molar-refractivity contribution < 1.29 is 0 Å². The average Bonchev–Trinajstić information content (AvgIpc) is 2.56. The molecule has 0 aromatic carbocycles. The van der Waals surface area contributed by atoms with E-state index in [1.54, 1.807) is 10.6 Å². The lowest BCUT2D eigenvalue weighted by molar-refractivity contribution is 0.637. The van der Waals surface area contributed by atoms with Crippen LogP contribution in [0.5, 0.6) is 0 Å². The highest BCUT2D eigenvalue weighted by Gasteiger charge is 2.16. The fourth-order valence-electron chi connectivity index (χ4n) is 1.80. The van der Waals surface area contributed by atoms with Gasteiger partial charge in [0, 0.05) is 31.3 Å². The number of hydrogen-bond acceptors (Lipinski definition) is 3. The largest absolute Gasteiger partial charge is 0.312 e. The molecule has 0 atom stereocenters. The normalized spacial score (nSPS) is 14.7. The Bertz CT molecular complexity index is 494. The van der Waals surface area contributed by atoms with Gasteiger partial charge in [-0.2, -0.15) is 5.10 Å². The average molecular weight is 245 g/mol. The summed E-state index contributed by atoms with van der Waals surface area (Å²) in [6.45, 7) is 1.83. The van der Waals surface area contributed by atoms with E-state index >= 15 is 0 Å². The number of aromatic nitrogens is 3. The van der Waals surface area contributed by atoms with Gasteiger partial charge in [-0.3, -0.25) is 0 Å². The number of nitrogens with zero attached hydrogens (tertiary/aromatic N) is 3. The third-order valence-corrected chi connectivity index (χ3v) is 2.68. The van der Waals surface area contributed by atoms with Crippen molar-refractivity contribution in [3.63, 3.8) is 0 Å². The molecule has 6 heteroatoms. The van der Waals surface area contributed by atoms with E-state index in [9.17, 15) is 0 Å². The molecule has 2 aromatic heterocycles. The first-order valence-corrected chi connectivity index (χ1v) is 4.96. The minimum absolute atomic E-state index is 0. The molecule has 0 radical (unpaired) electrons. The van der Waals surface area contributed by atoms with Crippen molar-refractivity contribution in [3.05, 3.63) is 28.7 Å². The van der Waals surface area contributed by atoms with Gasteiger partial charge in [-0.05, 0) is 6.07 Å². The van der Waals surface area contributed by atoms with Crippen LogP contribution in [0.25, 0.3) is 5.65 Å². The molecule has 0 fully saturated rings. The summed E-state index contributed by atoms with van der Waals surface area (Å²) in [6.07, 6.45) is 2.82. The summed E-state index contributed by atoms with van der Waals surface area (Å²) in [5, 5.41) is 8.27. The molecular weight excluding hydrogens is 235 g/mol. The number of hydrogen-bond donors (Lipinski definition) is 1. The fourth-order valence-corrected chi connectivity index (χ4v) is 1.94. The van der Waals surface area contributed by atoms with Crippen LogP contribution < -0.4 is 5.32 Å². The molecular formula is C9H10Cl2N4. The van der Waals surface area contributed by atoms with Gasteiger partial charge in [0.05, 0.1) is 5.69 Å². The summed E-state index contributed by atoms with van der Waals surface area (Å²) in [4.78, 5) is 4.27. The van der Waals surface area contributed by atoms with Crippen molar-refractivity contribution in [2.75, 3.05) is 6.54 Å². The predicted octanol–water partition coefficient (Wildman–Crippen LogP) is 1.45. The molecule has 15 heavy (non-hydrogen) atoms. The summed E-state index contributed by atoms with van der Waals surface area (Å²) >= 11 is 5.85. The second-order valence-electron chi connectivity index (χ2n) is 3.37. The first-order chi connectivity index (χ1) is 6.84. The maximum absolute atomic E-state index is 5.85. The minimum atomic E-state index is 0. The second kappa shape index (κ2) is 3.96. The van der Waals surface area contributed by atoms with Crippen molar-refractivity contribution in [2.24, 2.45) is 0 Å². The maximum atomic E-state index is 5.85. The van der Waals surface area contributed by atoms with Gasteiger partial charge in [0.2, 0.25) is 0 Å². The van der Waals surface area contributed by atoms with Crippen molar-refractivity contribution in [1.29, 1.82) is 0 Å². The standard InChI is InChI=1S/C9H9ClN4.ClH/c10-8-2-4-14-9(12-8)6-5-11-3-1-7(6)13-14;/h2,4,11H,1,3,5H2;1H. The lowest BCUT2D eigenvalue weighted by Crippen LogP contribution is -2.23. The molecule has 0 saturated carbocycles. The maximum Gasteiger partial charge on any atom is 0.161 e. The molecule has 0 bridgehead atoms. The van der Waals surface area contributed by atoms with Crippen LogP contribution in [0.1, 0.15) is 11.3 Å². The molecule has 80 valence electrons. The summed E-state index contributed by atoms with van der Waals surface area (Å²) < 4.78 is 1.80. The molecule has 2 aromatic rings. The molecule has 0 aliphatic carbocycles. The summed E-state index contributed by atoms with van der Waals surface area (Å²) in [5.41, 5.74) is 3.19. The van der Waals surface area contributed by atoms with E-state index in [0.717, 1.165) is 30.9 Å². The zero-order valence-corrected chi connectivity index (χ0v) is 9.48. The van der Waals surface area contributed by atoms with E-state index in [-0.39, 0.29) is 12.4 Å². The lowest BCUT2D eigenvalue weighted by atomic mass is 10.1. The van der Waals surface area contributed by atoms with Gasteiger partial charge >= 0.3 is 0 Å². The van der Waals surface area contributed by atoms with Crippen molar-refractivity contribution >= 4 is 29.7 Å². The Morgan fingerprint density at radius 1 is 1.47 bits per heavy atom. The number of nitrogens with one attached hydrogen (secondary N) is 1. The Kier molecular flexibility index (Phi) is 2.82. The lowest BCUT2D eigenvalue weighted by Gasteiger charge is -2.09. The van der Waals surface area contributed by atoms with Crippen LogP contribution in [0.15, 0.2) is 12.3 Å². The van der Waals surface area contributed by atoms with Gasteiger partial charge in [-0.15, -0.1) is 12.4 Å². The molecule has 0 spiro atoms. The third-order valence-electron chi connectivity index (χ3n) is 2.47. The van der Waals surface area contributed by atoms with Crippen LogP contribution in [0.4, 0.5) is 0 Å². The second-order valence-corrected chi connectivity index (χ2v) is 3.76. The number of rotatable bonds is 0. The minimum Gasteiger partial charge on any atom is -0.312 e. The van der Waals surface area contributed by atoms with Crippen molar-refractivity contribution in [2.45, 2.75) is 13.0 Å². The van der Waals surface area contributed by atoms with Crippen LogP contribution in [-0.2, 0) is 13.0 Å². The highest BCUT2D eigenvalue weighted by atomic mass is 35.5. The molecule has 3 heterocycles. The first-order valence-electron chi connectivity index (χ1n) is 4.58. The van der Waals surface area contributed by atoms with Gasteiger partial charge in [-0.25, -0.2) is 9.50 Å². The van der Waals surface area contributed by atoms with Crippen LogP contribution in [0.2, 0.25) is 5.15 Å². The number of halogens is 2. The first kappa shape index (κ1) is 10.7. The fraction of sp³-hybridized carbons (Fsp3) is 0.333. The Labute approximate surface area is 98.1 Å². The molecule has 3 rings (SSSR count). The van der Waals surface area contributed by atoms with E-state index in [1.807, 2.05) is 6.20 Å². The summed E-state index contributed by atoms with van der Waals surface area (Å²) in [5.74, 6) is 0. The van der Waals surface area contributed by atoms with E-state index in [2.05, 4.69) is 15.4 Å². The quantitative estimate of drug-likeness (QED) is 0.714. The molecule has 1 N–H and O–H groups in total. The van der Waals surface area contributed by atoms with Gasteiger partial charge < -0.3 is 5.32 Å². The molecule has 1 aliphatic heterocycles. The van der Waals surface area contributed by atoms with E-state index in [0.29, 0.717) is 5.15 Å². The van der Waals surface area contributed by atoms with E-state index < -0.39 is 0 Å². The zero-order valence-electron chi connectivity index (χ0n) is 7.90. The third kappa shape index (κ3) is 1.69. The topological polar surface area (TPSA) is 42.2 Å². The monoisotopic (exact) mass is 244 g/mol. The molecule has 1 aliphatic rings. The smallest absolute Gasteiger partial charge is 0.161 e. The number of fused-ring (bicyclic) bond motifs is 3. The molecule has 0 saturated heterocycles. The van der Waals surface area contributed by atoms with E-state index in [4.69, 9.17) is 11.6 Å². The zero-order chi connectivity index (χ0) is 9.54. The van der Waals surface area contributed by atoms with Gasteiger partial charge in [-0.1, -0.05) is 11.6 Å². The van der Waals surface area contributed by atoms with Gasteiger partial charge in [0.15, 0.2) is 5.65 Å². The Balaban J connectivity index is 0.000000853. The summed E-state index contributed by atoms with van der Waals surface area (Å²) in [6, 6.07) is 1.75. The molecule has 0 amide bonds. The van der Waals surface area contributed by atoms with Gasteiger partial charge in [0.25, 0.3) is 0 Å². The van der Waals surface area contributed by atoms with Crippen LogP contribution in [0, 0.1) is 0 Å². The highest BCUT2D eigenvalue weighted by Crippen LogP contribution is 2.18. The SMILES string of the molecule is Cl.Clc1ccn2nc3c(c2n1)CNCC3. The molecule has 0 unspecified atom stereocenters. The van der Waals surface area contributed by atoms with E-state index in [1.165, 1.54) is 5.56 Å².